The van der Waals surface area contributed by atoms with Gasteiger partial charge in [-0.2, -0.15) is 10.0 Å². The number of benzene rings is 5. The van der Waals surface area contributed by atoms with Gasteiger partial charge in [0.05, 0.1) is 17.9 Å². The molecular weight excluding hydrogens is 733 g/mol. The fourth-order valence-electron chi connectivity index (χ4n) is 7.15. The number of para-hydroxylation sites is 2. The highest BCUT2D eigenvalue weighted by Gasteiger charge is 2.36. The van der Waals surface area contributed by atoms with Crippen molar-refractivity contribution in [3.8, 4) is 22.3 Å². The molecule has 4 amide bonds. The number of rotatable bonds is 14. The maximum atomic E-state index is 14.5. The summed E-state index contributed by atoms with van der Waals surface area (Å²) >= 11 is 0. The van der Waals surface area contributed by atoms with Crippen molar-refractivity contribution in [2.75, 3.05) is 54.6 Å². The summed E-state index contributed by atoms with van der Waals surface area (Å²) in [5.41, 5.74) is 4.56. The highest BCUT2D eigenvalue weighted by atomic mass is 16.6. The largest absolute Gasteiger partial charge is 0.463 e. The number of ether oxygens (including phenoxy) is 1. The lowest BCUT2D eigenvalue weighted by molar-refractivity contribution is -0.115. The normalized spacial score (nSPS) is 14.3. The van der Waals surface area contributed by atoms with Crippen LogP contribution in [-0.4, -0.2) is 79.4 Å². The number of piperidine rings is 1. The molecule has 0 spiro atoms. The third-order valence-electron chi connectivity index (χ3n) is 10.3. The zero-order valence-corrected chi connectivity index (χ0v) is 32.3. The van der Waals surface area contributed by atoms with Gasteiger partial charge < -0.3 is 30.7 Å². The van der Waals surface area contributed by atoms with Crippen molar-refractivity contribution in [3.05, 3.63) is 139 Å². The molecule has 298 valence electrons. The number of hydrogen-bond acceptors (Lipinski definition) is 7. The predicted molar refractivity (Wildman–Crippen MR) is 226 cm³/mol. The molecule has 2 aliphatic rings. The zero-order chi connectivity index (χ0) is 40.3. The van der Waals surface area contributed by atoms with Crippen LogP contribution in [-0.2, 0) is 9.53 Å². The minimum atomic E-state index is -1.35. The van der Waals surface area contributed by atoms with Gasteiger partial charge in [0.15, 0.2) is 0 Å². The van der Waals surface area contributed by atoms with Crippen LogP contribution in [0.3, 0.4) is 0 Å². The van der Waals surface area contributed by atoms with Crippen molar-refractivity contribution in [2.45, 2.75) is 31.8 Å². The van der Waals surface area contributed by atoms with Gasteiger partial charge in [0.25, 0.3) is 5.91 Å². The van der Waals surface area contributed by atoms with Crippen LogP contribution in [0.15, 0.2) is 133 Å². The van der Waals surface area contributed by atoms with Crippen LogP contribution in [0.4, 0.5) is 26.7 Å². The number of nitrogens with zero attached hydrogens (tertiary/aromatic N) is 3. The van der Waals surface area contributed by atoms with Crippen molar-refractivity contribution in [3.63, 3.8) is 0 Å². The van der Waals surface area contributed by atoms with E-state index in [1.165, 1.54) is 12.8 Å². The van der Waals surface area contributed by atoms with E-state index in [1.54, 1.807) is 48.5 Å². The van der Waals surface area contributed by atoms with Crippen LogP contribution >= 0.6 is 0 Å². The van der Waals surface area contributed by atoms with E-state index < -0.39 is 18.3 Å². The van der Waals surface area contributed by atoms with Crippen LogP contribution in [0.5, 0.6) is 0 Å². The molecule has 5 aromatic carbocycles. The van der Waals surface area contributed by atoms with Crippen LogP contribution in [0.1, 0.15) is 36.0 Å². The Morgan fingerprint density at radius 3 is 1.88 bits per heavy atom. The van der Waals surface area contributed by atoms with Crippen molar-refractivity contribution in [1.82, 2.24) is 15.5 Å². The van der Waals surface area contributed by atoms with Gasteiger partial charge in [-0.05, 0) is 79.6 Å². The Hall–Kier alpha value is -6.50. The summed E-state index contributed by atoms with van der Waals surface area (Å²) in [5, 5.41) is 22.0. The maximum absolute atomic E-state index is 14.5. The van der Waals surface area contributed by atoms with Gasteiger partial charge in [-0.25, -0.2) is 9.59 Å². The maximum Gasteiger partial charge on any atom is 0.434 e. The lowest BCUT2D eigenvalue weighted by atomic mass is 10.0. The first-order valence-corrected chi connectivity index (χ1v) is 19.8. The SMILES string of the molecule is O=C(CNCC1CC1)Nc1cccc(C(=O)NCCN2CCC(OC(=O)N(c3ccccc3-c3ccccc3)N(C(=O)O)c3ccccc3-c3ccccc3)CC2)c1. The lowest BCUT2D eigenvalue weighted by Crippen LogP contribution is -2.52. The molecular formula is C46H48N6O6. The molecule has 12 heteroatoms. The number of nitrogens with one attached hydrogen (secondary N) is 3. The van der Waals surface area contributed by atoms with Crippen LogP contribution in [0, 0.1) is 5.92 Å². The molecule has 4 N–H and O–H groups in total. The number of hydrazine groups is 1. The smallest absolute Gasteiger partial charge is 0.434 e. The Morgan fingerprint density at radius 2 is 1.28 bits per heavy atom. The second kappa shape index (κ2) is 19.1. The molecule has 12 nitrogen and oxygen atoms in total. The Morgan fingerprint density at radius 1 is 0.690 bits per heavy atom. The molecule has 1 saturated heterocycles. The minimum absolute atomic E-state index is 0.149. The second-order valence-electron chi connectivity index (χ2n) is 14.6. The van der Waals surface area contributed by atoms with Crippen LogP contribution in [0.25, 0.3) is 22.3 Å². The van der Waals surface area contributed by atoms with Crippen molar-refractivity contribution >= 4 is 41.1 Å². The van der Waals surface area contributed by atoms with Gasteiger partial charge in [-0.3, -0.25) is 9.59 Å². The van der Waals surface area contributed by atoms with Gasteiger partial charge in [0, 0.05) is 48.6 Å². The summed E-state index contributed by atoms with van der Waals surface area (Å²) in [6.45, 7) is 3.30. The summed E-state index contributed by atoms with van der Waals surface area (Å²) in [6, 6.07) is 40.1. The third-order valence-corrected chi connectivity index (χ3v) is 10.3. The number of likely N-dealkylation sites (tertiary alicyclic amines) is 1. The highest BCUT2D eigenvalue weighted by Crippen LogP contribution is 2.38. The molecule has 0 aromatic heterocycles. The molecule has 0 radical (unpaired) electrons. The van der Waals surface area contributed by atoms with E-state index in [0.717, 1.165) is 27.7 Å². The highest BCUT2D eigenvalue weighted by molar-refractivity contribution is 6.06. The predicted octanol–water partition coefficient (Wildman–Crippen LogP) is 7.90. The Kier molecular flexibility index (Phi) is 13.1. The zero-order valence-electron chi connectivity index (χ0n) is 32.3. The molecule has 2 fully saturated rings. The average Bonchev–Trinajstić information content (AvgIpc) is 4.08. The van der Waals surface area contributed by atoms with E-state index in [2.05, 4.69) is 20.9 Å². The number of carboxylic acid groups (broad SMARTS) is 1. The summed E-state index contributed by atoms with van der Waals surface area (Å²) in [4.78, 5) is 55.4. The first-order chi connectivity index (χ1) is 28.3. The Bertz CT molecular complexity index is 2190. The second-order valence-corrected chi connectivity index (χ2v) is 14.6. The molecule has 0 unspecified atom stereocenters. The molecule has 5 aromatic rings. The first-order valence-electron chi connectivity index (χ1n) is 19.8. The van der Waals surface area contributed by atoms with Crippen LogP contribution in [0.2, 0.25) is 0 Å². The number of amides is 4. The molecule has 58 heavy (non-hydrogen) atoms. The minimum Gasteiger partial charge on any atom is -0.463 e. The summed E-state index contributed by atoms with van der Waals surface area (Å²) in [7, 11) is 0. The molecule has 1 saturated carbocycles. The van der Waals surface area contributed by atoms with E-state index in [1.807, 2.05) is 84.9 Å². The monoisotopic (exact) mass is 780 g/mol. The molecule has 0 atom stereocenters. The standard InChI is InChI=1S/C46H48N6O6/c53-43(32-47-31-33-22-23-33)49-37-17-11-16-36(30-37)44(54)48-26-29-50-27-24-38(25-28-50)58-46(57)52(42-21-10-8-19-40(42)35-14-5-2-6-15-35)51(45(55)56)41-20-9-7-18-39(41)34-12-3-1-4-13-34/h1-21,30,33,38,47H,22-29,31-32H2,(H,48,54)(H,49,53)(H,55,56). The molecule has 0 bridgehead atoms. The first kappa shape index (κ1) is 39.7. The summed E-state index contributed by atoms with van der Waals surface area (Å²) < 4.78 is 6.17. The lowest BCUT2D eigenvalue weighted by Gasteiger charge is -2.36. The van der Waals surface area contributed by atoms with Gasteiger partial charge in [0.1, 0.15) is 6.10 Å². The van der Waals surface area contributed by atoms with E-state index in [4.69, 9.17) is 4.74 Å². The van der Waals surface area contributed by atoms with E-state index in [0.29, 0.717) is 78.7 Å². The summed E-state index contributed by atoms with van der Waals surface area (Å²) in [5.74, 6) is 0.296. The molecule has 1 aliphatic heterocycles. The average molecular weight is 781 g/mol. The van der Waals surface area contributed by atoms with Crippen molar-refractivity contribution in [1.29, 1.82) is 0 Å². The van der Waals surface area contributed by atoms with Gasteiger partial charge >= 0.3 is 12.2 Å². The molecule has 1 aliphatic carbocycles. The van der Waals surface area contributed by atoms with E-state index in [-0.39, 0.29) is 18.4 Å². The summed E-state index contributed by atoms with van der Waals surface area (Å²) in [6.07, 6.45) is 0.848. The van der Waals surface area contributed by atoms with Gasteiger partial charge in [-0.15, -0.1) is 0 Å². The molecule has 1 heterocycles. The van der Waals surface area contributed by atoms with E-state index >= 15 is 0 Å². The Labute approximate surface area is 338 Å². The number of carbonyl (C=O) groups excluding carboxylic acids is 3. The van der Waals surface area contributed by atoms with Crippen molar-refractivity contribution in [2.24, 2.45) is 5.92 Å². The fraction of sp³-hybridized carbons (Fsp3) is 0.261. The third kappa shape index (κ3) is 10.3. The quantitative estimate of drug-likeness (QED) is 0.0834. The van der Waals surface area contributed by atoms with Gasteiger partial charge in [-0.1, -0.05) is 103 Å². The van der Waals surface area contributed by atoms with Crippen molar-refractivity contribution < 1.29 is 29.0 Å². The Balaban J connectivity index is 1.00. The van der Waals surface area contributed by atoms with Gasteiger partial charge in [0.2, 0.25) is 5.91 Å². The fourth-order valence-corrected chi connectivity index (χ4v) is 7.15. The molecule has 7 rings (SSSR count). The topological polar surface area (TPSA) is 144 Å². The number of hydrogen-bond donors (Lipinski definition) is 4. The van der Waals surface area contributed by atoms with Crippen LogP contribution < -0.4 is 26.0 Å². The number of anilines is 3. The van der Waals surface area contributed by atoms with E-state index in [9.17, 15) is 24.3 Å². The number of carbonyl (C=O) groups is 4.